The molecule has 2 aliphatic rings. The van der Waals surface area contributed by atoms with Crippen molar-refractivity contribution >= 4 is 22.4 Å². The van der Waals surface area contributed by atoms with Crippen molar-refractivity contribution in [2.24, 2.45) is 18.7 Å². The summed E-state index contributed by atoms with van der Waals surface area (Å²) in [6.07, 6.45) is 11.3. The fourth-order valence-electron chi connectivity index (χ4n) is 6.39. The SMILES string of the molecule is C[C@@H]1C[C@H](N)C[C@H](c2ccncc2CC(=O)c2ccc(F)c3cc(N4CCc5cnn(C)c5C4)cnc23)C1. The molecule has 4 heterocycles. The van der Waals surface area contributed by atoms with Crippen LogP contribution in [0.5, 0.6) is 0 Å². The van der Waals surface area contributed by atoms with Crippen molar-refractivity contribution in [2.45, 2.75) is 57.5 Å². The molecule has 196 valence electrons. The number of carbonyl (C=O) groups is 1. The van der Waals surface area contributed by atoms with Crippen LogP contribution in [0.25, 0.3) is 10.9 Å². The standard InChI is InChI=1S/C30H33FN6O/c1-18-9-20(11-22(32)10-18)24-5-7-33-14-21(24)12-29(38)25-3-4-27(31)26-13-23(16-34-30(25)26)37-8-6-19-15-35-36(2)28(19)17-37/h3-5,7,13-16,18,20,22H,6,8-12,17,32H2,1-2H3/t18-,20+,22-/m0/s1. The van der Waals surface area contributed by atoms with Crippen molar-refractivity contribution in [3.8, 4) is 0 Å². The van der Waals surface area contributed by atoms with Crippen LogP contribution in [0, 0.1) is 11.7 Å². The number of hydrogen-bond donors (Lipinski definition) is 1. The lowest BCUT2D eigenvalue weighted by molar-refractivity contribution is 0.0994. The van der Waals surface area contributed by atoms with E-state index in [0.717, 1.165) is 54.7 Å². The second-order valence-corrected chi connectivity index (χ2v) is 11.0. The fraction of sp³-hybridized carbons (Fsp3) is 0.400. The quantitative estimate of drug-likeness (QED) is 0.389. The number of Topliss-reactive ketones (excluding diaryl/α,β-unsaturated/α-hetero) is 1. The van der Waals surface area contributed by atoms with Gasteiger partial charge in [-0.25, -0.2) is 4.39 Å². The summed E-state index contributed by atoms with van der Waals surface area (Å²) in [6, 6.07) is 6.95. The molecule has 6 rings (SSSR count). The Hall–Kier alpha value is -3.65. The van der Waals surface area contributed by atoms with Crippen molar-refractivity contribution in [3.05, 3.63) is 82.8 Å². The lowest BCUT2D eigenvalue weighted by Gasteiger charge is -2.32. The van der Waals surface area contributed by atoms with E-state index in [1.807, 2.05) is 30.1 Å². The third kappa shape index (κ3) is 4.58. The van der Waals surface area contributed by atoms with E-state index in [4.69, 9.17) is 5.73 Å². The number of aryl methyl sites for hydroxylation is 1. The number of hydrogen-bond acceptors (Lipinski definition) is 6. The van der Waals surface area contributed by atoms with Gasteiger partial charge in [-0.15, -0.1) is 0 Å². The molecule has 7 nitrogen and oxygen atoms in total. The summed E-state index contributed by atoms with van der Waals surface area (Å²) in [5.41, 5.74) is 12.5. The number of nitrogens with two attached hydrogens (primary N) is 1. The summed E-state index contributed by atoms with van der Waals surface area (Å²) in [5, 5.41) is 4.73. The van der Waals surface area contributed by atoms with Crippen LogP contribution in [-0.4, -0.2) is 38.1 Å². The predicted molar refractivity (Wildman–Crippen MR) is 146 cm³/mol. The van der Waals surface area contributed by atoms with Gasteiger partial charge in [-0.2, -0.15) is 5.10 Å². The molecule has 1 aliphatic carbocycles. The smallest absolute Gasteiger partial charge is 0.169 e. The maximum atomic E-state index is 15.0. The molecular formula is C30H33FN6O. The van der Waals surface area contributed by atoms with E-state index in [9.17, 15) is 4.79 Å². The molecule has 8 heteroatoms. The second kappa shape index (κ2) is 9.91. The van der Waals surface area contributed by atoms with Gasteiger partial charge in [0, 0.05) is 49.4 Å². The molecule has 1 fully saturated rings. The molecule has 0 saturated heterocycles. The van der Waals surface area contributed by atoms with Gasteiger partial charge >= 0.3 is 0 Å². The number of benzene rings is 1. The van der Waals surface area contributed by atoms with Crippen LogP contribution in [0.4, 0.5) is 10.1 Å². The van der Waals surface area contributed by atoms with E-state index >= 15 is 4.39 Å². The molecule has 3 atom stereocenters. The average molecular weight is 513 g/mol. The molecule has 2 N–H and O–H groups in total. The zero-order chi connectivity index (χ0) is 26.4. The summed E-state index contributed by atoms with van der Waals surface area (Å²) in [6.45, 7) is 3.73. The Morgan fingerprint density at radius 1 is 1.16 bits per heavy atom. The monoisotopic (exact) mass is 512 g/mol. The molecule has 38 heavy (non-hydrogen) atoms. The highest BCUT2D eigenvalue weighted by Gasteiger charge is 2.28. The van der Waals surface area contributed by atoms with Gasteiger partial charge in [-0.1, -0.05) is 6.92 Å². The van der Waals surface area contributed by atoms with Gasteiger partial charge in [0.15, 0.2) is 5.78 Å². The first-order chi connectivity index (χ1) is 18.4. The topological polar surface area (TPSA) is 89.9 Å². The van der Waals surface area contributed by atoms with Gasteiger partial charge in [-0.05, 0) is 78.5 Å². The number of ketones is 1. The van der Waals surface area contributed by atoms with Crippen molar-refractivity contribution < 1.29 is 9.18 Å². The first-order valence-corrected chi connectivity index (χ1v) is 13.4. The second-order valence-electron chi connectivity index (χ2n) is 11.0. The van der Waals surface area contributed by atoms with Crippen LogP contribution < -0.4 is 10.6 Å². The van der Waals surface area contributed by atoms with Crippen LogP contribution in [0.2, 0.25) is 0 Å². The first kappa shape index (κ1) is 24.7. The van der Waals surface area contributed by atoms with Crippen molar-refractivity contribution in [1.29, 1.82) is 0 Å². The molecule has 4 aromatic rings. The number of pyridine rings is 2. The van der Waals surface area contributed by atoms with Crippen LogP contribution in [-0.2, 0) is 26.4 Å². The molecule has 1 aliphatic heterocycles. The minimum Gasteiger partial charge on any atom is -0.364 e. The number of aromatic nitrogens is 4. The minimum atomic E-state index is -0.378. The maximum Gasteiger partial charge on any atom is 0.169 e. The van der Waals surface area contributed by atoms with E-state index in [-0.39, 0.29) is 24.1 Å². The number of anilines is 1. The largest absolute Gasteiger partial charge is 0.364 e. The van der Waals surface area contributed by atoms with Crippen molar-refractivity contribution in [1.82, 2.24) is 19.7 Å². The number of rotatable bonds is 5. The van der Waals surface area contributed by atoms with Gasteiger partial charge in [0.25, 0.3) is 0 Å². The highest BCUT2D eigenvalue weighted by Crippen LogP contribution is 2.37. The first-order valence-electron chi connectivity index (χ1n) is 13.4. The van der Waals surface area contributed by atoms with E-state index in [0.29, 0.717) is 34.8 Å². The summed E-state index contributed by atoms with van der Waals surface area (Å²) in [5.74, 6) is 0.394. The lowest BCUT2D eigenvalue weighted by Crippen LogP contribution is -2.31. The van der Waals surface area contributed by atoms with Gasteiger partial charge in [0.1, 0.15) is 5.82 Å². The Balaban J connectivity index is 1.29. The number of carbonyl (C=O) groups excluding carboxylic acids is 1. The zero-order valence-corrected chi connectivity index (χ0v) is 21.9. The average Bonchev–Trinajstić information content (AvgIpc) is 3.28. The van der Waals surface area contributed by atoms with E-state index in [2.05, 4.69) is 26.9 Å². The van der Waals surface area contributed by atoms with E-state index < -0.39 is 0 Å². The summed E-state index contributed by atoms with van der Waals surface area (Å²) < 4.78 is 16.9. The summed E-state index contributed by atoms with van der Waals surface area (Å²) in [4.78, 5) is 24.7. The molecule has 0 amide bonds. The van der Waals surface area contributed by atoms with Gasteiger partial charge in [-0.3, -0.25) is 19.4 Å². The zero-order valence-electron chi connectivity index (χ0n) is 21.9. The minimum absolute atomic E-state index is 0.0878. The van der Waals surface area contributed by atoms with Crippen LogP contribution in [0.3, 0.4) is 0 Å². The van der Waals surface area contributed by atoms with Gasteiger partial charge < -0.3 is 10.6 Å². The predicted octanol–water partition coefficient (Wildman–Crippen LogP) is 4.72. The Labute approximate surface area is 221 Å². The molecule has 0 unspecified atom stereocenters. The van der Waals surface area contributed by atoms with Crippen molar-refractivity contribution in [2.75, 3.05) is 11.4 Å². The van der Waals surface area contributed by atoms with Crippen LogP contribution in [0.15, 0.2) is 49.1 Å². The van der Waals surface area contributed by atoms with E-state index in [1.165, 1.54) is 11.6 Å². The number of halogens is 1. The van der Waals surface area contributed by atoms with Gasteiger partial charge in [0.05, 0.1) is 35.8 Å². The third-order valence-corrected chi connectivity index (χ3v) is 8.30. The summed E-state index contributed by atoms with van der Waals surface area (Å²) in [7, 11) is 1.94. The molecule has 0 spiro atoms. The Morgan fingerprint density at radius 2 is 2.03 bits per heavy atom. The normalized spacial score (nSPS) is 21.5. The van der Waals surface area contributed by atoms with E-state index in [1.54, 1.807) is 24.7 Å². The Bertz CT molecular complexity index is 1500. The van der Waals surface area contributed by atoms with Gasteiger partial charge in [0.2, 0.25) is 0 Å². The fourth-order valence-corrected chi connectivity index (χ4v) is 6.39. The highest BCUT2D eigenvalue weighted by atomic mass is 19.1. The lowest BCUT2D eigenvalue weighted by atomic mass is 9.75. The molecule has 0 radical (unpaired) electrons. The summed E-state index contributed by atoms with van der Waals surface area (Å²) >= 11 is 0. The van der Waals surface area contributed by atoms with Crippen LogP contribution in [0.1, 0.15) is 64.8 Å². The molecule has 0 bridgehead atoms. The molecule has 1 saturated carbocycles. The Morgan fingerprint density at radius 3 is 2.87 bits per heavy atom. The maximum absolute atomic E-state index is 15.0. The van der Waals surface area contributed by atoms with Crippen LogP contribution >= 0.6 is 0 Å². The highest BCUT2D eigenvalue weighted by molar-refractivity contribution is 6.08. The number of fused-ring (bicyclic) bond motifs is 2. The van der Waals surface area contributed by atoms with Crippen molar-refractivity contribution in [3.63, 3.8) is 0 Å². The third-order valence-electron chi connectivity index (χ3n) is 8.30. The number of nitrogens with zero attached hydrogens (tertiary/aromatic N) is 5. The molecular weight excluding hydrogens is 479 g/mol. The molecule has 3 aromatic heterocycles. The Kier molecular flexibility index (Phi) is 6.43. The molecule has 1 aromatic carbocycles.